The Morgan fingerprint density at radius 3 is 2.50 bits per heavy atom. The van der Waals surface area contributed by atoms with Gasteiger partial charge in [-0.1, -0.05) is 6.42 Å². The summed E-state index contributed by atoms with van der Waals surface area (Å²) in [5.74, 6) is 0. The average molecular weight is 334 g/mol. The van der Waals surface area contributed by atoms with Crippen molar-refractivity contribution in [1.29, 1.82) is 0 Å². The third kappa shape index (κ3) is 3.23. The summed E-state index contributed by atoms with van der Waals surface area (Å²) in [5, 5.41) is 1.75. The molecule has 5 nitrogen and oxygen atoms in total. The lowest BCUT2D eigenvalue weighted by Crippen LogP contribution is -2.44. The summed E-state index contributed by atoms with van der Waals surface area (Å²) in [7, 11) is -3.51. The van der Waals surface area contributed by atoms with Gasteiger partial charge in [-0.3, -0.25) is 0 Å². The second-order valence-corrected chi connectivity index (χ2v) is 6.84. The van der Waals surface area contributed by atoms with Gasteiger partial charge < -0.3 is 5.73 Å². The molecule has 0 aliphatic carbocycles. The van der Waals surface area contributed by atoms with Crippen molar-refractivity contribution < 1.29 is 8.42 Å². The van der Waals surface area contributed by atoms with Crippen LogP contribution < -0.4 is 10.6 Å². The van der Waals surface area contributed by atoms with Crippen molar-refractivity contribution in [3.63, 3.8) is 0 Å². The third-order valence-electron chi connectivity index (χ3n) is 2.89. The number of rotatable bonds is 3. The molecule has 0 radical (unpaired) electrons. The van der Waals surface area contributed by atoms with Crippen LogP contribution in [0.4, 0.5) is 5.69 Å². The summed E-state index contributed by atoms with van der Waals surface area (Å²) >= 11 is 3.23. The quantitative estimate of drug-likeness (QED) is 0.825. The Balaban J connectivity index is 2.16. The standard InChI is InChI=1S/C11H16BrN3O2S/c12-10-8-9(4-5-11(10)13)18(16,17)14-15-6-2-1-3-7-15/h4-5,8,14H,1-3,6-7,13H2. The van der Waals surface area contributed by atoms with Gasteiger partial charge in [0.2, 0.25) is 0 Å². The summed E-state index contributed by atoms with van der Waals surface area (Å²) in [4.78, 5) is 2.82. The second-order valence-electron chi connectivity index (χ2n) is 4.33. The highest BCUT2D eigenvalue weighted by molar-refractivity contribution is 9.10. The molecule has 2 rings (SSSR count). The van der Waals surface area contributed by atoms with Crippen molar-refractivity contribution in [2.24, 2.45) is 0 Å². The van der Waals surface area contributed by atoms with Crippen molar-refractivity contribution in [2.75, 3.05) is 18.8 Å². The number of nitrogens with zero attached hydrogens (tertiary/aromatic N) is 1. The fourth-order valence-corrected chi connectivity index (χ4v) is 3.56. The zero-order valence-corrected chi connectivity index (χ0v) is 12.3. The fourth-order valence-electron chi connectivity index (χ4n) is 1.88. The minimum atomic E-state index is -3.51. The summed E-state index contributed by atoms with van der Waals surface area (Å²) in [5.41, 5.74) is 6.16. The molecule has 0 aromatic heterocycles. The van der Waals surface area contributed by atoms with E-state index in [0.29, 0.717) is 10.2 Å². The summed E-state index contributed by atoms with van der Waals surface area (Å²) < 4.78 is 24.9. The SMILES string of the molecule is Nc1ccc(S(=O)(=O)NN2CCCCC2)cc1Br. The van der Waals surface area contributed by atoms with E-state index < -0.39 is 10.0 Å². The van der Waals surface area contributed by atoms with Crippen LogP contribution in [0.1, 0.15) is 19.3 Å². The molecule has 0 amide bonds. The molecule has 18 heavy (non-hydrogen) atoms. The molecule has 1 fully saturated rings. The first kappa shape index (κ1) is 13.8. The van der Waals surface area contributed by atoms with Gasteiger partial charge in [0.15, 0.2) is 0 Å². The molecule has 0 unspecified atom stereocenters. The maximum Gasteiger partial charge on any atom is 0.253 e. The number of anilines is 1. The first-order chi connectivity index (χ1) is 8.49. The van der Waals surface area contributed by atoms with Crippen LogP contribution in [0.15, 0.2) is 27.6 Å². The van der Waals surface area contributed by atoms with Crippen LogP contribution in [0.2, 0.25) is 0 Å². The van der Waals surface area contributed by atoms with Crippen molar-refractivity contribution in [3.05, 3.63) is 22.7 Å². The molecular formula is C11H16BrN3O2S. The lowest BCUT2D eigenvalue weighted by atomic mass is 10.2. The highest BCUT2D eigenvalue weighted by atomic mass is 79.9. The molecule has 7 heteroatoms. The summed E-state index contributed by atoms with van der Waals surface area (Å²) in [6.07, 6.45) is 3.20. The van der Waals surface area contributed by atoms with E-state index in [4.69, 9.17) is 5.73 Å². The maximum atomic E-state index is 12.1. The first-order valence-electron chi connectivity index (χ1n) is 5.81. The molecule has 1 aliphatic heterocycles. The van der Waals surface area contributed by atoms with Gasteiger partial charge in [-0.05, 0) is 47.0 Å². The maximum absolute atomic E-state index is 12.1. The smallest absolute Gasteiger partial charge is 0.253 e. The van der Waals surface area contributed by atoms with E-state index in [2.05, 4.69) is 20.8 Å². The number of nitrogen functional groups attached to an aromatic ring is 1. The van der Waals surface area contributed by atoms with Gasteiger partial charge in [0.05, 0.1) is 4.90 Å². The Morgan fingerprint density at radius 2 is 1.89 bits per heavy atom. The van der Waals surface area contributed by atoms with Crippen molar-refractivity contribution in [1.82, 2.24) is 9.84 Å². The van der Waals surface area contributed by atoms with Gasteiger partial charge >= 0.3 is 0 Å². The van der Waals surface area contributed by atoms with Crippen molar-refractivity contribution >= 4 is 31.6 Å². The van der Waals surface area contributed by atoms with Crippen LogP contribution in [0.3, 0.4) is 0 Å². The Morgan fingerprint density at radius 1 is 1.22 bits per heavy atom. The summed E-state index contributed by atoms with van der Waals surface area (Å²) in [6, 6.07) is 4.60. The van der Waals surface area contributed by atoms with E-state index in [1.807, 2.05) is 0 Å². The predicted octanol–water partition coefficient (Wildman–Crippen LogP) is 1.71. The van der Waals surface area contributed by atoms with Crippen LogP contribution in [-0.4, -0.2) is 26.5 Å². The second kappa shape index (κ2) is 5.56. The van der Waals surface area contributed by atoms with Gasteiger partial charge in [0.1, 0.15) is 0 Å². The number of nitrogens with one attached hydrogen (secondary N) is 1. The van der Waals surface area contributed by atoms with E-state index in [0.717, 1.165) is 32.4 Å². The van der Waals surface area contributed by atoms with Gasteiger partial charge in [0, 0.05) is 23.2 Å². The molecule has 1 heterocycles. The number of hydrogen-bond acceptors (Lipinski definition) is 4. The highest BCUT2D eigenvalue weighted by Gasteiger charge is 2.20. The van der Waals surface area contributed by atoms with E-state index in [-0.39, 0.29) is 4.90 Å². The number of benzene rings is 1. The average Bonchev–Trinajstić information content (AvgIpc) is 2.33. The van der Waals surface area contributed by atoms with Gasteiger partial charge in [0.25, 0.3) is 10.0 Å². The number of hydrazine groups is 1. The zero-order valence-electron chi connectivity index (χ0n) is 9.89. The molecule has 1 aromatic rings. The molecule has 0 atom stereocenters. The number of sulfonamides is 1. The molecule has 100 valence electrons. The molecule has 1 aliphatic rings. The molecule has 0 spiro atoms. The topological polar surface area (TPSA) is 75.4 Å². The fraction of sp³-hybridized carbons (Fsp3) is 0.455. The van der Waals surface area contributed by atoms with E-state index in [9.17, 15) is 8.42 Å². The van der Waals surface area contributed by atoms with Gasteiger partial charge in [-0.2, -0.15) is 0 Å². The van der Waals surface area contributed by atoms with Crippen LogP contribution in [-0.2, 0) is 10.0 Å². The lowest BCUT2D eigenvalue weighted by molar-refractivity contribution is 0.200. The monoisotopic (exact) mass is 333 g/mol. The highest BCUT2D eigenvalue weighted by Crippen LogP contribution is 2.23. The number of halogens is 1. The van der Waals surface area contributed by atoms with Crippen LogP contribution in [0, 0.1) is 0 Å². The Hall–Kier alpha value is -0.630. The number of piperidine rings is 1. The van der Waals surface area contributed by atoms with Crippen LogP contribution >= 0.6 is 15.9 Å². The van der Waals surface area contributed by atoms with E-state index >= 15 is 0 Å². The van der Waals surface area contributed by atoms with E-state index in [1.165, 1.54) is 12.1 Å². The third-order valence-corrected chi connectivity index (χ3v) is 4.95. The van der Waals surface area contributed by atoms with Crippen LogP contribution in [0.25, 0.3) is 0 Å². The largest absolute Gasteiger partial charge is 0.398 e. The Labute approximate surface area is 115 Å². The molecule has 3 N–H and O–H groups in total. The summed E-state index contributed by atoms with van der Waals surface area (Å²) in [6.45, 7) is 1.52. The van der Waals surface area contributed by atoms with Crippen molar-refractivity contribution in [3.8, 4) is 0 Å². The number of hydrogen-bond donors (Lipinski definition) is 2. The minimum Gasteiger partial charge on any atom is -0.398 e. The Kier molecular flexibility index (Phi) is 4.26. The van der Waals surface area contributed by atoms with Gasteiger partial charge in [-0.25, -0.2) is 13.4 Å². The Bertz CT molecular complexity index is 527. The van der Waals surface area contributed by atoms with Gasteiger partial charge in [-0.15, -0.1) is 4.83 Å². The molecule has 1 saturated heterocycles. The molecular weight excluding hydrogens is 318 g/mol. The van der Waals surface area contributed by atoms with E-state index in [1.54, 1.807) is 11.1 Å². The predicted molar refractivity (Wildman–Crippen MR) is 74.3 cm³/mol. The molecule has 1 aromatic carbocycles. The molecule has 0 bridgehead atoms. The van der Waals surface area contributed by atoms with Crippen LogP contribution in [0.5, 0.6) is 0 Å². The molecule has 0 saturated carbocycles. The first-order valence-corrected chi connectivity index (χ1v) is 8.09. The lowest BCUT2D eigenvalue weighted by Gasteiger charge is -2.26. The minimum absolute atomic E-state index is 0.217. The van der Waals surface area contributed by atoms with Crippen molar-refractivity contribution in [2.45, 2.75) is 24.2 Å². The zero-order chi connectivity index (χ0) is 13.2. The normalized spacial score (nSPS) is 17.8. The number of nitrogens with two attached hydrogens (primary N) is 1.